The summed E-state index contributed by atoms with van der Waals surface area (Å²) in [6, 6.07) is 6.80. The average Bonchev–Trinajstić information content (AvgIpc) is 2.39. The molecule has 2 bridgehead atoms. The maximum Gasteiger partial charge on any atom is 0.0541 e. The summed E-state index contributed by atoms with van der Waals surface area (Å²) in [7, 11) is 0. The number of piperidine rings is 3. The lowest BCUT2D eigenvalue weighted by atomic mass is 9.84. The first kappa shape index (κ1) is 10.2. The molecule has 0 saturated carbocycles. The highest BCUT2D eigenvalue weighted by Crippen LogP contribution is 2.27. The summed E-state index contributed by atoms with van der Waals surface area (Å²) < 4.78 is 0. The van der Waals surface area contributed by atoms with E-state index >= 15 is 0 Å². The molecule has 16 heavy (non-hydrogen) atoms. The zero-order valence-corrected chi connectivity index (χ0v) is 9.60. The molecule has 3 fully saturated rings. The standard InChI is InChI=1S/C13H19N3/c1-2-6-14-12(3-1)9-15-13-10-16-7-4-11(13)5-8-16/h1-3,6,11,13,15H,4-5,7-10H2. The molecule has 0 radical (unpaired) electrons. The molecule has 3 nitrogen and oxygen atoms in total. The molecule has 4 heterocycles. The molecule has 0 spiro atoms. The Bertz CT molecular complexity index is 330. The van der Waals surface area contributed by atoms with Gasteiger partial charge >= 0.3 is 0 Å². The second kappa shape index (κ2) is 4.52. The maximum atomic E-state index is 4.35. The first-order chi connectivity index (χ1) is 7.92. The van der Waals surface area contributed by atoms with Gasteiger partial charge in [0.1, 0.15) is 0 Å². The molecule has 1 unspecified atom stereocenters. The van der Waals surface area contributed by atoms with E-state index in [4.69, 9.17) is 0 Å². The van der Waals surface area contributed by atoms with Crippen LogP contribution in [-0.4, -0.2) is 35.6 Å². The van der Waals surface area contributed by atoms with Crippen LogP contribution in [0.3, 0.4) is 0 Å². The minimum atomic E-state index is 0.685. The van der Waals surface area contributed by atoms with Crippen LogP contribution in [0.15, 0.2) is 24.4 Å². The minimum absolute atomic E-state index is 0.685. The third-order valence-electron chi connectivity index (χ3n) is 3.93. The fourth-order valence-electron chi connectivity index (χ4n) is 2.93. The van der Waals surface area contributed by atoms with Gasteiger partial charge in [-0.2, -0.15) is 0 Å². The number of rotatable bonds is 3. The Morgan fingerprint density at radius 2 is 2.19 bits per heavy atom. The van der Waals surface area contributed by atoms with Gasteiger partial charge in [0, 0.05) is 25.3 Å². The molecule has 1 aromatic rings. The number of hydrogen-bond acceptors (Lipinski definition) is 3. The predicted octanol–water partition coefficient (Wildman–Crippen LogP) is 1.27. The molecule has 3 aliphatic heterocycles. The van der Waals surface area contributed by atoms with E-state index in [9.17, 15) is 0 Å². The molecule has 3 heteroatoms. The molecule has 0 aromatic carbocycles. The third kappa shape index (κ3) is 2.11. The second-order valence-corrected chi connectivity index (χ2v) is 4.95. The molecule has 1 atom stereocenters. The molecule has 0 amide bonds. The number of nitrogens with zero attached hydrogens (tertiary/aromatic N) is 2. The summed E-state index contributed by atoms with van der Waals surface area (Å²) in [5.41, 5.74) is 1.15. The Hall–Kier alpha value is -0.930. The van der Waals surface area contributed by atoms with Gasteiger partial charge in [-0.3, -0.25) is 4.98 Å². The van der Waals surface area contributed by atoms with E-state index in [2.05, 4.69) is 27.3 Å². The molecular formula is C13H19N3. The van der Waals surface area contributed by atoms with Gasteiger partial charge in [-0.1, -0.05) is 6.07 Å². The van der Waals surface area contributed by atoms with Crippen molar-refractivity contribution in [2.75, 3.05) is 19.6 Å². The van der Waals surface area contributed by atoms with Gasteiger partial charge in [0.2, 0.25) is 0 Å². The van der Waals surface area contributed by atoms with Gasteiger partial charge in [0.15, 0.2) is 0 Å². The van der Waals surface area contributed by atoms with Gasteiger partial charge in [0.05, 0.1) is 5.69 Å². The van der Waals surface area contributed by atoms with Crippen molar-refractivity contribution >= 4 is 0 Å². The highest BCUT2D eigenvalue weighted by Gasteiger charge is 2.33. The lowest BCUT2D eigenvalue weighted by Gasteiger charge is -2.45. The van der Waals surface area contributed by atoms with Crippen molar-refractivity contribution in [1.82, 2.24) is 15.2 Å². The molecule has 4 rings (SSSR count). The van der Waals surface area contributed by atoms with Crippen LogP contribution in [0.1, 0.15) is 18.5 Å². The van der Waals surface area contributed by atoms with Crippen molar-refractivity contribution in [3.63, 3.8) is 0 Å². The Morgan fingerprint density at radius 3 is 2.81 bits per heavy atom. The summed E-state index contributed by atoms with van der Waals surface area (Å²) in [4.78, 5) is 6.93. The Morgan fingerprint density at radius 1 is 1.31 bits per heavy atom. The molecule has 1 aromatic heterocycles. The normalized spacial score (nSPS) is 32.9. The number of fused-ring (bicyclic) bond motifs is 3. The lowest BCUT2D eigenvalue weighted by molar-refractivity contribution is 0.0718. The van der Waals surface area contributed by atoms with E-state index in [1.807, 2.05) is 12.3 Å². The predicted molar refractivity (Wildman–Crippen MR) is 64.0 cm³/mol. The van der Waals surface area contributed by atoms with Gasteiger partial charge in [-0.05, 0) is 44.0 Å². The fraction of sp³-hybridized carbons (Fsp3) is 0.615. The average molecular weight is 217 g/mol. The highest BCUT2D eigenvalue weighted by molar-refractivity contribution is 5.03. The van der Waals surface area contributed by atoms with Gasteiger partial charge in [-0.15, -0.1) is 0 Å². The summed E-state index contributed by atoms with van der Waals surface area (Å²) in [5.74, 6) is 0.897. The van der Waals surface area contributed by atoms with Crippen LogP contribution in [0.25, 0.3) is 0 Å². The maximum absolute atomic E-state index is 4.35. The molecule has 3 saturated heterocycles. The van der Waals surface area contributed by atoms with Crippen molar-refractivity contribution in [2.24, 2.45) is 5.92 Å². The summed E-state index contributed by atoms with van der Waals surface area (Å²) >= 11 is 0. The number of pyridine rings is 1. The van der Waals surface area contributed by atoms with Crippen molar-refractivity contribution in [3.8, 4) is 0 Å². The van der Waals surface area contributed by atoms with Crippen molar-refractivity contribution in [3.05, 3.63) is 30.1 Å². The van der Waals surface area contributed by atoms with Crippen molar-refractivity contribution < 1.29 is 0 Å². The Labute approximate surface area is 96.9 Å². The number of aromatic nitrogens is 1. The van der Waals surface area contributed by atoms with Crippen LogP contribution in [0.4, 0.5) is 0 Å². The SMILES string of the molecule is c1ccc(CNC2CN3CCC2CC3)nc1. The molecule has 0 aliphatic carbocycles. The zero-order chi connectivity index (χ0) is 10.8. The van der Waals surface area contributed by atoms with Gasteiger partial charge in [0.25, 0.3) is 0 Å². The zero-order valence-electron chi connectivity index (χ0n) is 9.60. The summed E-state index contributed by atoms with van der Waals surface area (Å²) in [6.45, 7) is 4.77. The number of hydrogen-bond donors (Lipinski definition) is 1. The molecular weight excluding hydrogens is 198 g/mol. The van der Waals surface area contributed by atoms with E-state index in [1.165, 1.54) is 32.5 Å². The quantitative estimate of drug-likeness (QED) is 0.826. The van der Waals surface area contributed by atoms with Crippen molar-refractivity contribution in [2.45, 2.75) is 25.4 Å². The van der Waals surface area contributed by atoms with Crippen LogP contribution in [0.5, 0.6) is 0 Å². The van der Waals surface area contributed by atoms with Crippen LogP contribution in [0.2, 0.25) is 0 Å². The van der Waals surface area contributed by atoms with E-state index in [0.717, 1.165) is 18.2 Å². The van der Waals surface area contributed by atoms with E-state index in [1.54, 1.807) is 0 Å². The summed E-state index contributed by atoms with van der Waals surface area (Å²) in [6.07, 6.45) is 4.62. The smallest absolute Gasteiger partial charge is 0.0541 e. The molecule has 3 aliphatic rings. The largest absolute Gasteiger partial charge is 0.307 e. The minimum Gasteiger partial charge on any atom is -0.307 e. The van der Waals surface area contributed by atoms with E-state index in [0.29, 0.717) is 6.04 Å². The van der Waals surface area contributed by atoms with Crippen LogP contribution >= 0.6 is 0 Å². The molecule has 1 N–H and O–H groups in total. The summed E-state index contributed by atoms with van der Waals surface area (Å²) in [5, 5.41) is 3.67. The van der Waals surface area contributed by atoms with Crippen LogP contribution in [0, 0.1) is 5.92 Å². The highest BCUT2D eigenvalue weighted by atomic mass is 15.2. The van der Waals surface area contributed by atoms with Crippen LogP contribution < -0.4 is 5.32 Å². The Balaban J connectivity index is 1.56. The number of nitrogens with one attached hydrogen (secondary N) is 1. The van der Waals surface area contributed by atoms with Crippen LogP contribution in [-0.2, 0) is 6.54 Å². The third-order valence-corrected chi connectivity index (χ3v) is 3.93. The first-order valence-corrected chi connectivity index (χ1v) is 6.27. The van der Waals surface area contributed by atoms with Crippen molar-refractivity contribution in [1.29, 1.82) is 0 Å². The second-order valence-electron chi connectivity index (χ2n) is 4.95. The first-order valence-electron chi connectivity index (χ1n) is 6.27. The molecule has 86 valence electrons. The monoisotopic (exact) mass is 217 g/mol. The Kier molecular flexibility index (Phi) is 2.89. The topological polar surface area (TPSA) is 28.2 Å². The van der Waals surface area contributed by atoms with Gasteiger partial charge < -0.3 is 10.2 Å². The van der Waals surface area contributed by atoms with Gasteiger partial charge in [-0.25, -0.2) is 0 Å². The fourth-order valence-corrected chi connectivity index (χ4v) is 2.93. The lowest BCUT2D eigenvalue weighted by Crippen LogP contribution is -2.55. The van der Waals surface area contributed by atoms with E-state index < -0.39 is 0 Å². The van der Waals surface area contributed by atoms with E-state index in [-0.39, 0.29) is 0 Å².